The van der Waals surface area contributed by atoms with Gasteiger partial charge in [-0.2, -0.15) is 5.11 Å². The van der Waals surface area contributed by atoms with Gasteiger partial charge in [0.15, 0.2) is 0 Å². The van der Waals surface area contributed by atoms with Crippen LogP contribution in [0.25, 0.3) is 0 Å². The van der Waals surface area contributed by atoms with Crippen molar-refractivity contribution in [2.75, 3.05) is 14.2 Å². The molecule has 5 heteroatoms. The summed E-state index contributed by atoms with van der Waals surface area (Å²) in [5.41, 5.74) is 0. The van der Waals surface area contributed by atoms with Crippen molar-refractivity contribution in [1.29, 1.82) is 0 Å². The highest BCUT2D eigenvalue weighted by Gasteiger charge is 2.47. The molecule has 3 nitrogen and oxygen atoms in total. The van der Waals surface area contributed by atoms with E-state index in [-0.39, 0.29) is 0 Å². The van der Waals surface area contributed by atoms with Crippen LogP contribution < -0.4 is 0 Å². The van der Waals surface area contributed by atoms with Crippen molar-refractivity contribution in [2.45, 2.75) is 17.2 Å². The average Bonchev–Trinajstić information content (AvgIpc) is 1.88. The number of halogens is 2. The zero-order valence-corrected chi connectivity index (χ0v) is 7.49. The summed E-state index contributed by atoms with van der Waals surface area (Å²) in [7, 11) is 2.45. The van der Waals surface area contributed by atoms with E-state index in [1.165, 1.54) is 21.1 Å². The quantitative estimate of drug-likeness (QED) is 0.497. The van der Waals surface area contributed by atoms with Crippen LogP contribution in [0.15, 0.2) is 0 Å². The molecule has 1 unspecified atom stereocenters. The molecule has 0 saturated carbocycles. The summed E-state index contributed by atoms with van der Waals surface area (Å²) in [6, 6.07) is 0. The van der Waals surface area contributed by atoms with Crippen LogP contribution in [0.2, 0.25) is 0 Å². The summed E-state index contributed by atoms with van der Waals surface area (Å²) in [6.45, 7) is 1.19. The second-order valence-electron chi connectivity index (χ2n) is 1.87. The molecule has 0 heterocycles. The third-order valence-electron chi connectivity index (χ3n) is 1.17. The van der Waals surface area contributed by atoms with Gasteiger partial charge in [-0.05, 0) is 6.92 Å². The third-order valence-corrected chi connectivity index (χ3v) is 2.17. The Hall–Kier alpha value is 0.460. The summed E-state index contributed by atoms with van der Waals surface area (Å²) >= 11 is 10.8. The van der Waals surface area contributed by atoms with Crippen LogP contribution in [0, 0.1) is 0 Å². The second-order valence-corrected chi connectivity index (χ2v) is 3.13. The highest BCUT2D eigenvalue weighted by Crippen LogP contribution is 2.35. The molecule has 0 aromatic rings. The molecular weight excluding hydrogens is 179 g/mol. The molecule has 0 aliphatic heterocycles. The van der Waals surface area contributed by atoms with E-state index in [2.05, 4.69) is 9.47 Å². The monoisotopic (exact) mass is 187 g/mol. The minimum Gasteiger partial charge on any atom is -0.347 e. The molecule has 0 saturated heterocycles. The Labute approximate surface area is 69.8 Å². The first-order valence-electron chi connectivity index (χ1n) is 2.56. The Kier molecular flexibility index (Phi) is 3.39. The van der Waals surface area contributed by atoms with Crippen LogP contribution >= 0.6 is 23.2 Å². The van der Waals surface area contributed by atoms with E-state index in [1.54, 1.807) is 0 Å². The number of rotatable bonds is 3. The van der Waals surface area contributed by atoms with E-state index in [9.17, 15) is 5.11 Å². The maximum absolute atomic E-state index is 11.1. The summed E-state index contributed by atoms with van der Waals surface area (Å²) in [6.07, 6.45) is 0. The van der Waals surface area contributed by atoms with Crippen molar-refractivity contribution in [3.05, 3.63) is 0 Å². The second kappa shape index (κ2) is 3.24. The smallest absolute Gasteiger partial charge is 0.275 e. The largest absolute Gasteiger partial charge is 0.347 e. The predicted octanol–water partition coefficient (Wildman–Crippen LogP) is 1.56. The normalized spacial score (nSPS) is 18.6. The standard InChI is InChI=1S/C5H9Cl2O3/c1-4(8,9-2)5(6,7)10-3/h1-3H3. The fourth-order valence-electron chi connectivity index (χ4n) is 0.304. The lowest BCUT2D eigenvalue weighted by Crippen LogP contribution is -2.45. The van der Waals surface area contributed by atoms with Crippen LogP contribution in [0.5, 0.6) is 0 Å². The lowest BCUT2D eigenvalue weighted by molar-refractivity contribution is -0.261. The molecular formula is C5H9Cl2O3. The van der Waals surface area contributed by atoms with Crippen LogP contribution in [-0.2, 0) is 14.6 Å². The van der Waals surface area contributed by atoms with Gasteiger partial charge in [0.05, 0.1) is 0 Å². The Morgan fingerprint density at radius 2 is 1.60 bits per heavy atom. The number of hydrogen-bond acceptors (Lipinski definition) is 2. The first-order chi connectivity index (χ1) is 4.37. The third kappa shape index (κ3) is 1.97. The van der Waals surface area contributed by atoms with Gasteiger partial charge in [-0.3, -0.25) is 0 Å². The molecule has 61 valence electrons. The van der Waals surface area contributed by atoms with Gasteiger partial charge < -0.3 is 9.47 Å². The predicted molar refractivity (Wildman–Crippen MR) is 37.5 cm³/mol. The van der Waals surface area contributed by atoms with Crippen LogP contribution in [-0.4, -0.2) is 24.5 Å². The van der Waals surface area contributed by atoms with Gasteiger partial charge >= 0.3 is 0 Å². The van der Waals surface area contributed by atoms with Crippen molar-refractivity contribution >= 4 is 23.2 Å². The molecule has 1 atom stereocenters. The van der Waals surface area contributed by atoms with Crippen molar-refractivity contribution in [2.24, 2.45) is 0 Å². The Bertz CT molecular complexity index is 99.5. The van der Waals surface area contributed by atoms with E-state index in [0.717, 1.165) is 0 Å². The topological polar surface area (TPSA) is 38.4 Å². The zero-order valence-electron chi connectivity index (χ0n) is 5.98. The number of hydrogen-bond donors (Lipinski definition) is 0. The van der Waals surface area contributed by atoms with Gasteiger partial charge in [-0.15, -0.1) is 0 Å². The SMILES string of the molecule is COC(C)([O])C(Cl)(Cl)OC. The van der Waals surface area contributed by atoms with E-state index in [4.69, 9.17) is 23.2 Å². The summed E-state index contributed by atoms with van der Waals surface area (Å²) in [5.74, 6) is -1.95. The summed E-state index contributed by atoms with van der Waals surface area (Å²) in [4.78, 5) is 0. The Morgan fingerprint density at radius 3 is 1.70 bits per heavy atom. The summed E-state index contributed by atoms with van der Waals surface area (Å²) in [5, 5.41) is 11.1. The molecule has 0 fully saturated rings. The molecule has 0 rings (SSSR count). The van der Waals surface area contributed by atoms with Crippen LogP contribution in [0.4, 0.5) is 0 Å². The van der Waals surface area contributed by atoms with Crippen LogP contribution in [0.1, 0.15) is 6.92 Å². The van der Waals surface area contributed by atoms with Crippen molar-refractivity contribution in [1.82, 2.24) is 0 Å². The first-order valence-corrected chi connectivity index (χ1v) is 3.31. The molecule has 0 N–H and O–H groups in total. The highest BCUT2D eigenvalue weighted by molar-refractivity contribution is 6.47. The molecule has 0 amide bonds. The number of alkyl halides is 2. The van der Waals surface area contributed by atoms with Crippen LogP contribution in [0.3, 0.4) is 0 Å². The molecule has 0 spiro atoms. The minimum atomic E-state index is -1.95. The Balaban J connectivity index is 4.28. The van der Waals surface area contributed by atoms with Gasteiger partial charge in [0.2, 0.25) is 0 Å². The molecule has 10 heavy (non-hydrogen) atoms. The van der Waals surface area contributed by atoms with Crippen molar-refractivity contribution in [3.63, 3.8) is 0 Å². The molecule has 0 aromatic heterocycles. The van der Waals surface area contributed by atoms with E-state index in [0.29, 0.717) is 0 Å². The van der Waals surface area contributed by atoms with E-state index < -0.39 is 10.3 Å². The van der Waals surface area contributed by atoms with Gasteiger partial charge in [0.25, 0.3) is 10.3 Å². The summed E-state index contributed by atoms with van der Waals surface area (Å²) < 4.78 is 7.09. The van der Waals surface area contributed by atoms with Gasteiger partial charge in [-0.25, -0.2) is 0 Å². The molecule has 0 aliphatic rings. The number of ether oxygens (including phenoxy) is 2. The van der Waals surface area contributed by atoms with Gasteiger partial charge in [0.1, 0.15) is 0 Å². The molecule has 0 aliphatic carbocycles. The lowest BCUT2D eigenvalue weighted by Gasteiger charge is -2.29. The van der Waals surface area contributed by atoms with E-state index in [1.807, 2.05) is 0 Å². The van der Waals surface area contributed by atoms with Gasteiger partial charge in [-0.1, -0.05) is 23.2 Å². The molecule has 1 radical (unpaired) electrons. The lowest BCUT2D eigenvalue weighted by atomic mass is 10.3. The minimum absolute atomic E-state index is 1.19. The van der Waals surface area contributed by atoms with Gasteiger partial charge in [0, 0.05) is 14.2 Å². The van der Waals surface area contributed by atoms with E-state index >= 15 is 0 Å². The number of methoxy groups -OCH3 is 2. The molecule has 0 aromatic carbocycles. The fourth-order valence-corrected chi connectivity index (χ4v) is 0.459. The Morgan fingerprint density at radius 1 is 1.20 bits per heavy atom. The maximum atomic E-state index is 11.1. The molecule has 0 bridgehead atoms. The zero-order chi connectivity index (χ0) is 8.41. The maximum Gasteiger partial charge on any atom is 0.275 e. The van der Waals surface area contributed by atoms with Crippen molar-refractivity contribution in [3.8, 4) is 0 Å². The highest BCUT2D eigenvalue weighted by atomic mass is 35.5. The fraction of sp³-hybridized carbons (Fsp3) is 1.00. The average molecular weight is 188 g/mol. The first kappa shape index (κ1) is 10.5. The van der Waals surface area contributed by atoms with Crippen molar-refractivity contribution < 1.29 is 14.6 Å².